The molecule has 0 spiro atoms. The summed E-state index contributed by atoms with van der Waals surface area (Å²) in [7, 11) is 1.67. The minimum atomic E-state index is 0.00874. The minimum absolute atomic E-state index is 0.00874. The van der Waals surface area contributed by atoms with Gasteiger partial charge in [0.25, 0.3) is 0 Å². The molecule has 0 amide bonds. The number of benzene rings is 4. The quantitative estimate of drug-likeness (QED) is 0.255. The lowest BCUT2D eigenvalue weighted by molar-refractivity contribution is 0.103. The molecule has 0 aliphatic carbocycles. The lowest BCUT2D eigenvalue weighted by Crippen LogP contribution is -2.00. The Kier molecular flexibility index (Phi) is 11.3. The number of rotatable bonds is 7. The number of carbonyl (C=O) groups excluding carboxylic acids is 1. The second kappa shape index (κ2) is 14.4. The van der Waals surface area contributed by atoms with Gasteiger partial charge in [0.05, 0.1) is 7.11 Å². The maximum Gasteiger partial charge on any atom is 0.193 e. The van der Waals surface area contributed by atoms with Crippen LogP contribution >= 0.6 is 0 Å². The molecule has 0 fully saturated rings. The van der Waals surface area contributed by atoms with Crippen LogP contribution in [0.2, 0.25) is 0 Å². The molecule has 0 heterocycles. The summed E-state index contributed by atoms with van der Waals surface area (Å²) in [5.41, 5.74) is 4.90. The molecule has 182 valence electrons. The molecule has 0 bridgehead atoms. The summed E-state index contributed by atoms with van der Waals surface area (Å²) in [6.45, 7) is 10.0. The average Bonchev–Trinajstić information content (AvgIpc) is 2.93. The molecule has 0 N–H and O–H groups in total. The van der Waals surface area contributed by atoms with E-state index in [9.17, 15) is 4.79 Å². The van der Waals surface area contributed by atoms with Crippen LogP contribution in [-0.2, 0) is 6.42 Å². The molecule has 0 saturated carbocycles. The normalized spacial score (nSPS) is 9.66. The molecule has 3 nitrogen and oxygen atoms in total. The largest absolute Gasteiger partial charge is 0.497 e. The molecule has 0 radical (unpaired) electrons. The Balaban J connectivity index is 0.00000103. The molecular formula is C32H36O3. The van der Waals surface area contributed by atoms with E-state index in [0.717, 1.165) is 23.5 Å². The Labute approximate surface area is 210 Å². The van der Waals surface area contributed by atoms with Crippen molar-refractivity contribution < 1.29 is 14.3 Å². The van der Waals surface area contributed by atoms with Crippen molar-refractivity contribution in [1.82, 2.24) is 0 Å². The van der Waals surface area contributed by atoms with E-state index in [1.807, 2.05) is 95.3 Å². The zero-order valence-electron chi connectivity index (χ0n) is 21.7. The second-order valence-corrected chi connectivity index (χ2v) is 7.49. The third-order valence-corrected chi connectivity index (χ3v) is 5.16. The Morgan fingerprint density at radius 3 is 1.37 bits per heavy atom. The smallest absolute Gasteiger partial charge is 0.193 e. The van der Waals surface area contributed by atoms with Crippen molar-refractivity contribution in [2.45, 2.75) is 41.0 Å². The number of aryl methyl sites for hydroxylation is 1. The van der Waals surface area contributed by atoms with Crippen LogP contribution in [0.5, 0.6) is 17.2 Å². The van der Waals surface area contributed by atoms with Crippen LogP contribution < -0.4 is 9.47 Å². The van der Waals surface area contributed by atoms with E-state index in [4.69, 9.17) is 9.47 Å². The molecule has 4 aromatic rings. The van der Waals surface area contributed by atoms with Gasteiger partial charge in [-0.25, -0.2) is 0 Å². The third kappa shape index (κ3) is 8.15. The SMILES string of the molecule is CC.CC.COc1ccc(Cc2ccc(Oc3ccc(C(=O)c4ccc(C)cc4)cc3)cc2)cc1. The van der Waals surface area contributed by atoms with E-state index >= 15 is 0 Å². The topological polar surface area (TPSA) is 35.5 Å². The first kappa shape index (κ1) is 27.4. The van der Waals surface area contributed by atoms with E-state index in [1.165, 1.54) is 11.1 Å². The van der Waals surface area contributed by atoms with Gasteiger partial charge in [0.1, 0.15) is 17.2 Å². The molecule has 3 heteroatoms. The van der Waals surface area contributed by atoms with Gasteiger partial charge in [0.15, 0.2) is 5.78 Å². The van der Waals surface area contributed by atoms with Gasteiger partial charge in [0, 0.05) is 11.1 Å². The maximum absolute atomic E-state index is 12.6. The lowest BCUT2D eigenvalue weighted by Gasteiger charge is -2.08. The lowest BCUT2D eigenvalue weighted by atomic mass is 10.0. The summed E-state index contributed by atoms with van der Waals surface area (Å²) in [6.07, 6.45) is 0.847. The van der Waals surface area contributed by atoms with Gasteiger partial charge in [-0.1, -0.05) is 81.8 Å². The van der Waals surface area contributed by atoms with Gasteiger partial charge < -0.3 is 9.47 Å². The predicted molar refractivity (Wildman–Crippen MR) is 146 cm³/mol. The molecule has 4 rings (SSSR count). The van der Waals surface area contributed by atoms with E-state index in [1.54, 1.807) is 19.2 Å². The van der Waals surface area contributed by atoms with E-state index in [-0.39, 0.29) is 5.78 Å². The number of ether oxygens (including phenoxy) is 2. The Hall–Kier alpha value is -3.85. The standard InChI is InChI=1S/C28H24O3.2C2H6/c1-20-3-9-23(10-4-20)28(29)24-11-17-27(18-12-24)31-26-15-7-22(8-16-26)19-21-5-13-25(30-2)14-6-21;2*1-2/h3-18H,19H2,1-2H3;2*1-2H3. The minimum Gasteiger partial charge on any atom is -0.497 e. The summed E-state index contributed by atoms with van der Waals surface area (Å²) in [5, 5.41) is 0. The molecule has 0 unspecified atom stereocenters. The fourth-order valence-electron chi connectivity index (χ4n) is 3.34. The zero-order chi connectivity index (χ0) is 25.6. The molecule has 4 aromatic carbocycles. The van der Waals surface area contributed by atoms with E-state index < -0.39 is 0 Å². The summed E-state index contributed by atoms with van der Waals surface area (Å²) in [5.74, 6) is 2.33. The van der Waals surface area contributed by atoms with Crippen molar-refractivity contribution in [3.63, 3.8) is 0 Å². The number of ketones is 1. The first-order chi connectivity index (χ1) is 17.1. The van der Waals surface area contributed by atoms with Gasteiger partial charge in [-0.2, -0.15) is 0 Å². The third-order valence-electron chi connectivity index (χ3n) is 5.16. The summed E-state index contributed by atoms with van der Waals surface area (Å²) in [4.78, 5) is 12.6. The van der Waals surface area contributed by atoms with Crippen molar-refractivity contribution in [3.8, 4) is 17.2 Å². The monoisotopic (exact) mass is 468 g/mol. The molecule has 35 heavy (non-hydrogen) atoms. The van der Waals surface area contributed by atoms with Crippen molar-refractivity contribution in [2.24, 2.45) is 0 Å². The molecule has 0 aliphatic heterocycles. The van der Waals surface area contributed by atoms with Crippen molar-refractivity contribution in [1.29, 1.82) is 0 Å². The van der Waals surface area contributed by atoms with Crippen LogP contribution in [0.4, 0.5) is 0 Å². The fourth-order valence-corrected chi connectivity index (χ4v) is 3.34. The van der Waals surface area contributed by atoms with Crippen molar-refractivity contribution in [3.05, 3.63) is 125 Å². The van der Waals surface area contributed by atoms with Gasteiger partial charge in [0.2, 0.25) is 0 Å². The van der Waals surface area contributed by atoms with Gasteiger partial charge in [-0.05, 0) is 73.0 Å². The highest BCUT2D eigenvalue weighted by Gasteiger charge is 2.09. The molecule has 0 atom stereocenters. The maximum atomic E-state index is 12.6. The van der Waals surface area contributed by atoms with Crippen molar-refractivity contribution >= 4 is 5.78 Å². The summed E-state index contributed by atoms with van der Waals surface area (Å²) < 4.78 is 11.1. The highest BCUT2D eigenvalue weighted by atomic mass is 16.5. The van der Waals surface area contributed by atoms with Crippen LogP contribution in [0.15, 0.2) is 97.1 Å². The van der Waals surface area contributed by atoms with Crippen LogP contribution in [-0.4, -0.2) is 12.9 Å². The van der Waals surface area contributed by atoms with Gasteiger partial charge >= 0.3 is 0 Å². The molecule has 0 saturated heterocycles. The van der Waals surface area contributed by atoms with Crippen LogP contribution in [0.25, 0.3) is 0 Å². The first-order valence-corrected chi connectivity index (χ1v) is 12.2. The fraction of sp³-hybridized carbons (Fsp3) is 0.219. The van der Waals surface area contributed by atoms with E-state index in [0.29, 0.717) is 16.9 Å². The first-order valence-electron chi connectivity index (χ1n) is 12.2. The van der Waals surface area contributed by atoms with E-state index in [2.05, 4.69) is 24.3 Å². The summed E-state index contributed by atoms with van der Waals surface area (Å²) in [6, 6.07) is 31.0. The molecule has 0 aromatic heterocycles. The zero-order valence-corrected chi connectivity index (χ0v) is 21.7. The highest BCUT2D eigenvalue weighted by Crippen LogP contribution is 2.24. The second-order valence-electron chi connectivity index (χ2n) is 7.49. The average molecular weight is 469 g/mol. The number of carbonyl (C=O) groups is 1. The Morgan fingerprint density at radius 1 is 0.571 bits per heavy atom. The van der Waals surface area contributed by atoms with Crippen LogP contribution in [0, 0.1) is 6.92 Å². The predicted octanol–water partition coefficient (Wildman–Crippen LogP) is 8.67. The van der Waals surface area contributed by atoms with Crippen molar-refractivity contribution in [2.75, 3.05) is 7.11 Å². The summed E-state index contributed by atoms with van der Waals surface area (Å²) >= 11 is 0. The highest BCUT2D eigenvalue weighted by molar-refractivity contribution is 6.09. The number of methoxy groups -OCH3 is 1. The Bertz CT molecular complexity index is 1140. The van der Waals surface area contributed by atoms with Gasteiger partial charge in [-0.3, -0.25) is 4.79 Å². The Morgan fingerprint density at radius 2 is 0.943 bits per heavy atom. The van der Waals surface area contributed by atoms with Gasteiger partial charge in [-0.15, -0.1) is 0 Å². The molecular weight excluding hydrogens is 432 g/mol. The number of hydrogen-bond acceptors (Lipinski definition) is 3. The molecule has 0 aliphatic rings. The van der Waals surface area contributed by atoms with Crippen LogP contribution in [0.3, 0.4) is 0 Å². The number of hydrogen-bond donors (Lipinski definition) is 0. The van der Waals surface area contributed by atoms with Crippen LogP contribution in [0.1, 0.15) is 60.3 Å².